The Morgan fingerprint density at radius 3 is 2.38 bits per heavy atom. The first-order valence-electron chi connectivity index (χ1n) is 12.9. The van der Waals surface area contributed by atoms with Crippen LogP contribution in [0.2, 0.25) is 0 Å². The zero-order valence-electron chi connectivity index (χ0n) is 22.4. The quantitative estimate of drug-likeness (QED) is 0.292. The topological polar surface area (TPSA) is 70.7 Å². The van der Waals surface area contributed by atoms with Gasteiger partial charge in [0.1, 0.15) is 5.82 Å². The van der Waals surface area contributed by atoms with Crippen LogP contribution in [-0.2, 0) is 20.9 Å². The van der Waals surface area contributed by atoms with Gasteiger partial charge in [-0.05, 0) is 60.2 Å². The number of esters is 1. The summed E-state index contributed by atoms with van der Waals surface area (Å²) in [7, 11) is 1.80. The highest BCUT2D eigenvalue weighted by atomic mass is 19.1. The molecule has 7 heteroatoms. The Hall–Kier alpha value is -3.45. The number of hydrogen-bond acceptors (Lipinski definition) is 5. The van der Waals surface area contributed by atoms with Crippen LogP contribution >= 0.6 is 0 Å². The molecule has 1 unspecified atom stereocenters. The van der Waals surface area contributed by atoms with Crippen LogP contribution in [-0.4, -0.2) is 25.5 Å². The smallest absolute Gasteiger partial charge is 0.310 e. The molecule has 1 aliphatic rings. The molecule has 2 atom stereocenters. The van der Waals surface area contributed by atoms with E-state index < -0.39 is 5.92 Å². The van der Waals surface area contributed by atoms with Crippen LogP contribution in [0.25, 0.3) is 0 Å². The number of anilines is 1. The van der Waals surface area contributed by atoms with Crippen molar-refractivity contribution in [3.8, 4) is 0 Å². The average Bonchev–Trinajstić information content (AvgIpc) is 3.45. The molecule has 0 saturated heterocycles. The van der Waals surface area contributed by atoms with E-state index in [0.29, 0.717) is 6.54 Å². The van der Waals surface area contributed by atoms with Crippen LogP contribution in [0.5, 0.6) is 0 Å². The molecule has 198 valence electrons. The van der Waals surface area contributed by atoms with Crippen LogP contribution in [0.4, 0.5) is 10.1 Å². The fourth-order valence-electron chi connectivity index (χ4n) is 4.92. The molecule has 37 heavy (non-hydrogen) atoms. The molecule has 6 nitrogen and oxygen atoms in total. The van der Waals surface area contributed by atoms with Crippen molar-refractivity contribution in [3.63, 3.8) is 0 Å². The molecule has 0 aliphatic heterocycles. The van der Waals surface area contributed by atoms with E-state index in [9.17, 15) is 14.0 Å². The van der Waals surface area contributed by atoms with Gasteiger partial charge < -0.3 is 10.1 Å². The number of carbonyl (C=O) groups is 2. The van der Waals surface area contributed by atoms with Gasteiger partial charge in [0.15, 0.2) is 0 Å². The van der Waals surface area contributed by atoms with Gasteiger partial charge in [-0.1, -0.05) is 57.2 Å². The molecule has 2 aromatic carbocycles. The van der Waals surface area contributed by atoms with Crippen molar-refractivity contribution in [3.05, 3.63) is 89.4 Å². The van der Waals surface area contributed by atoms with Crippen LogP contribution < -0.4 is 15.8 Å². The first kappa shape index (κ1) is 28.1. The van der Waals surface area contributed by atoms with Gasteiger partial charge in [-0.25, -0.2) is 9.82 Å². The summed E-state index contributed by atoms with van der Waals surface area (Å²) >= 11 is 0. The molecule has 1 amide bonds. The van der Waals surface area contributed by atoms with E-state index in [0.717, 1.165) is 28.9 Å². The summed E-state index contributed by atoms with van der Waals surface area (Å²) < 4.78 is 19.0. The predicted molar refractivity (Wildman–Crippen MR) is 145 cm³/mol. The molecule has 0 radical (unpaired) electrons. The lowest BCUT2D eigenvalue weighted by Crippen LogP contribution is -2.34. The van der Waals surface area contributed by atoms with Crippen LogP contribution in [0.3, 0.4) is 0 Å². The molecule has 0 heterocycles. The number of halogens is 1. The maximum Gasteiger partial charge on any atom is 0.310 e. The standard InChI is InChI=1S/C30H38FN3O3/c1-6-8-14-25(34(32-5)23-17-15-22(31)16-18-23)28-27(30(28,3)4)24(29(36)37-7-2)19-26(35)33-20-21-12-10-9-11-13-21/h8-18,24,27,32H,6-7,19-20H2,1-5H3,(H,33,35)/b14-8-,28-25-/t24-,27?/m0/s1. The lowest BCUT2D eigenvalue weighted by Gasteiger charge is -2.25. The van der Waals surface area contributed by atoms with E-state index in [4.69, 9.17) is 4.74 Å². The Labute approximate surface area is 219 Å². The zero-order chi connectivity index (χ0) is 27.0. The van der Waals surface area contributed by atoms with Gasteiger partial charge in [0.2, 0.25) is 5.91 Å². The largest absolute Gasteiger partial charge is 0.466 e. The maximum absolute atomic E-state index is 13.6. The third-order valence-electron chi connectivity index (χ3n) is 6.77. The van der Waals surface area contributed by atoms with E-state index in [1.54, 1.807) is 26.1 Å². The highest BCUT2D eigenvalue weighted by Crippen LogP contribution is 2.64. The molecule has 0 aromatic heterocycles. The van der Waals surface area contributed by atoms with Gasteiger partial charge in [0.25, 0.3) is 0 Å². The first-order chi connectivity index (χ1) is 17.7. The van der Waals surface area contributed by atoms with Crippen LogP contribution in [0.1, 0.15) is 46.1 Å². The Kier molecular flexibility index (Phi) is 9.64. The predicted octanol–water partition coefficient (Wildman–Crippen LogP) is 5.53. The molecule has 1 aliphatic carbocycles. The highest BCUT2D eigenvalue weighted by molar-refractivity contribution is 5.84. The van der Waals surface area contributed by atoms with E-state index in [2.05, 4.69) is 31.5 Å². The number of nitrogens with zero attached hydrogens (tertiary/aromatic N) is 1. The fraction of sp³-hybridized carbons (Fsp3) is 0.400. The van der Waals surface area contributed by atoms with Gasteiger partial charge in [0, 0.05) is 25.9 Å². The molecule has 3 rings (SSSR count). The summed E-state index contributed by atoms with van der Waals surface area (Å²) in [4.78, 5) is 26.1. The Bertz CT molecular complexity index is 1130. The lowest BCUT2D eigenvalue weighted by atomic mass is 9.93. The molecule has 2 N–H and O–H groups in total. The van der Waals surface area contributed by atoms with Gasteiger partial charge >= 0.3 is 5.97 Å². The summed E-state index contributed by atoms with van der Waals surface area (Å²) in [5.41, 5.74) is 6.54. The van der Waals surface area contributed by atoms with Crippen molar-refractivity contribution < 1.29 is 18.7 Å². The van der Waals surface area contributed by atoms with Gasteiger partial charge in [-0.3, -0.25) is 14.6 Å². The first-order valence-corrected chi connectivity index (χ1v) is 12.9. The number of allylic oxidation sites excluding steroid dienone is 3. The second-order valence-corrected chi connectivity index (χ2v) is 9.67. The number of rotatable bonds is 12. The SMILES string of the molecule is CC/C=C\C(=C1/C([C@H](CC(=O)NCc2ccccc2)C(=O)OCC)C1(C)C)N(NC)c1ccc(F)cc1. The van der Waals surface area contributed by atoms with Gasteiger partial charge in [0.05, 0.1) is 23.9 Å². The van der Waals surface area contributed by atoms with Gasteiger partial charge in [-0.15, -0.1) is 0 Å². The normalized spacial score (nSPS) is 18.3. The number of amides is 1. The number of hydrazine groups is 1. The molecule has 1 fully saturated rings. The highest BCUT2D eigenvalue weighted by Gasteiger charge is 2.60. The molecular formula is C30H38FN3O3. The molecule has 0 bridgehead atoms. The second kappa shape index (κ2) is 12.7. The van der Waals surface area contributed by atoms with Crippen molar-refractivity contribution in [1.29, 1.82) is 0 Å². The number of benzene rings is 2. The minimum Gasteiger partial charge on any atom is -0.466 e. The minimum absolute atomic E-state index is 0.0319. The zero-order valence-corrected chi connectivity index (χ0v) is 22.4. The van der Waals surface area contributed by atoms with Crippen molar-refractivity contribution in [1.82, 2.24) is 10.7 Å². The summed E-state index contributed by atoms with van der Waals surface area (Å²) in [5, 5.41) is 4.83. The summed E-state index contributed by atoms with van der Waals surface area (Å²) in [5.74, 6) is -1.70. The van der Waals surface area contributed by atoms with Gasteiger partial charge in [-0.2, -0.15) is 0 Å². The van der Waals surface area contributed by atoms with Crippen molar-refractivity contribution in [2.75, 3.05) is 18.7 Å². The Morgan fingerprint density at radius 2 is 1.78 bits per heavy atom. The molecule has 2 aromatic rings. The maximum atomic E-state index is 13.6. The third kappa shape index (κ3) is 6.86. The van der Waals surface area contributed by atoms with E-state index >= 15 is 0 Å². The molecular weight excluding hydrogens is 469 g/mol. The van der Waals surface area contributed by atoms with Crippen molar-refractivity contribution >= 4 is 17.6 Å². The summed E-state index contributed by atoms with van der Waals surface area (Å²) in [6.45, 7) is 8.63. The summed E-state index contributed by atoms with van der Waals surface area (Å²) in [6, 6.07) is 15.9. The Balaban J connectivity index is 1.94. The number of nitrogens with one attached hydrogen (secondary N) is 2. The van der Waals surface area contributed by atoms with Crippen LogP contribution in [0.15, 0.2) is 78.0 Å². The van der Waals surface area contributed by atoms with Crippen molar-refractivity contribution in [2.45, 2.75) is 47.1 Å². The molecule has 1 saturated carbocycles. The van der Waals surface area contributed by atoms with E-state index in [1.165, 1.54) is 12.1 Å². The minimum atomic E-state index is -0.627. The van der Waals surface area contributed by atoms with Crippen LogP contribution in [0, 0.1) is 23.1 Å². The summed E-state index contributed by atoms with van der Waals surface area (Å²) in [6.07, 6.45) is 4.93. The molecule has 0 spiro atoms. The number of hydrogen-bond donors (Lipinski definition) is 2. The second-order valence-electron chi connectivity index (χ2n) is 9.67. The van der Waals surface area contributed by atoms with E-state index in [1.807, 2.05) is 47.5 Å². The third-order valence-corrected chi connectivity index (χ3v) is 6.77. The monoisotopic (exact) mass is 507 g/mol. The van der Waals surface area contributed by atoms with Crippen molar-refractivity contribution in [2.24, 2.45) is 17.3 Å². The lowest BCUT2D eigenvalue weighted by molar-refractivity contribution is -0.151. The number of ether oxygens (including phenoxy) is 1. The average molecular weight is 508 g/mol. The number of carbonyl (C=O) groups excluding carboxylic acids is 2. The Morgan fingerprint density at radius 1 is 1.11 bits per heavy atom. The van der Waals surface area contributed by atoms with E-state index in [-0.39, 0.29) is 42.1 Å². The fourth-order valence-corrected chi connectivity index (χ4v) is 4.92.